The molecule has 1 aliphatic carbocycles. The van der Waals surface area contributed by atoms with Crippen LogP contribution in [0.2, 0.25) is 0 Å². The molecule has 0 bridgehead atoms. The van der Waals surface area contributed by atoms with Crippen LogP contribution in [0.1, 0.15) is 46.5 Å². The fourth-order valence-corrected chi connectivity index (χ4v) is 3.14. The molecule has 1 unspecified atom stereocenters. The minimum atomic E-state index is 0.194. The Balaban J connectivity index is 2.01. The van der Waals surface area contributed by atoms with Crippen molar-refractivity contribution in [3.63, 3.8) is 0 Å². The van der Waals surface area contributed by atoms with E-state index in [4.69, 9.17) is 0 Å². The van der Waals surface area contributed by atoms with Crippen molar-refractivity contribution >= 4 is 5.91 Å². The first-order chi connectivity index (χ1) is 8.11. The van der Waals surface area contributed by atoms with Crippen LogP contribution in [0, 0.1) is 11.8 Å². The largest absolute Gasteiger partial charge is 0.337 e. The van der Waals surface area contributed by atoms with Crippen molar-refractivity contribution in [2.75, 3.05) is 13.1 Å². The molecule has 3 nitrogen and oxygen atoms in total. The van der Waals surface area contributed by atoms with Gasteiger partial charge in [-0.1, -0.05) is 19.8 Å². The van der Waals surface area contributed by atoms with Crippen molar-refractivity contribution < 1.29 is 4.79 Å². The molecule has 1 amide bonds. The maximum absolute atomic E-state index is 12.6. The maximum Gasteiger partial charge on any atom is 0.226 e. The number of hydrogen-bond acceptors (Lipinski definition) is 2. The summed E-state index contributed by atoms with van der Waals surface area (Å²) in [5.74, 6) is 1.14. The minimum Gasteiger partial charge on any atom is -0.337 e. The number of carbonyl (C=O) groups is 1. The van der Waals surface area contributed by atoms with Gasteiger partial charge in [0.15, 0.2) is 0 Å². The van der Waals surface area contributed by atoms with Gasteiger partial charge in [0.1, 0.15) is 0 Å². The molecular formula is C14H26N2O. The predicted octanol–water partition coefficient (Wildman–Crippen LogP) is 2.02. The third-order valence-corrected chi connectivity index (χ3v) is 4.44. The Hall–Kier alpha value is -0.570. The van der Waals surface area contributed by atoms with Crippen molar-refractivity contribution in [3.05, 3.63) is 0 Å². The van der Waals surface area contributed by atoms with Crippen molar-refractivity contribution in [1.82, 2.24) is 10.2 Å². The third kappa shape index (κ3) is 2.65. The number of carbonyl (C=O) groups excluding carboxylic acids is 1. The van der Waals surface area contributed by atoms with E-state index in [1.807, 2.05) is 0 Å². The number of nitrogens with zero attached hydrogens (tertiary/aromatic N) is 1. The topological polar surface area (TPSA) is 32.3 Å². The monoisotopic (exact) mass is 238 g/mol. The van der Waals surface area contributed by atoms with E-state index in [2.05, 4.69) is 31.0 Å². The minimum absolute atomic E-state index is 0.194. The van der Waals surface area contributed by atoms with Gasteiger partial charge >= 0.3 is 0 Å². The van der Waals surface area contributed by atoms with Crippen molar-refractivity contribution in [2.24, 2.45) is 11.8 Å². The van der Waals surface area contributed by atoms with Crippen molar-refractivity contribution in [1.29, 1.82) is 0 Å². The molecule has 1 N–H and O–H groups in total. The number of hydrogen-bond donors (Lipinski definition) is 1. The Morgan fingerprint density at radius 1 is 1.18 bits per heavy atom. The smallest absolute Gasteiger partial charge is 0.226 e. The van der Waals surface area contributed by atoms with Crippen LogP contribution in [-0.4, -0.2) is 36.0 Å². The molecule has 0 aromatic heterocycles. The van der Waals surface area contributed by atoms with E-state index in [-0.39, 0.29) is 5.92 Å². The fraction of sp³-hybridized carbons (Fsp3) is 0.929. The zero-order valence-electron chi connectivity index (χ0n) is 11.4. The van der Waals surface area contributed by atoms with Gasteiger partial charge in [-0.25, -0.2) is 0 Å². The summed E-state index contributed by atoms with van der Waals surface area (Å²) in [5.41, 5.74) is 0. The molecular weight excluding hydrogens is 212 g/mol. The van der Waals surface area contributed by atoms with Crippen LogP contribution in [0.25, 0.3) is 0 Å². The third-order valence-electron chi connectivity index (χ3n) is 4.44. The molecule has 1 heterocycles. The van der Waals surface area contributed by atoms with Crippen LogP contribution < -0.4 is 5.32 Å². The van der Waals surface area contributed by atoms with Crippen LogP contribution in [0.5, 0.6) is 0 Å². The van der Waals surface area contributed by atoms with Crippen molar-refractivity contribution in [3.8, 4) is 0 Å². The molecule has 2 rings (SSSR count). The molecule has 1 atom stereocenters. The normalized spacial score (nSPS) is 23.8. The van der Waals surface area contributed by atoms with E-state index in [1.54, 1.807) is 0 Å². The molecule has 1 aliphatic heterocycles. The Bertz CT molecular complexity index is 267. The van der Waals surface area contributed by atoms with Gasteiger partial charge in [-0.2, -0.15) is 0 Å². The van der Waals surface area contributed by atoms with E-state index in [0.29, 0.717) is 23.9 Å². The van der Waals surface area contributed by atoms with Gasteiger partial charge in [0.25, 0.3) is 0 Å². The molecule has 0 aromatic rings. The lowest BCUT2D eigenvalue weighted by Gasteiger charge is -2.39. The first kappa shape index (κ1) is 12.9. The molecule has 0 radical (unpaired) electrons. The molecule has 1 saturated heterocycles. The van der Waals surface area contributed by atoms with Gasteiger partial charge in [0.05, 0.1) is 0 Å². The summed E-state index contributed by atoms with van der Waals surface area (Å²) in [5, 5.41) is 3.26. The number of nitrogens with one attached hydrogen (secondary N) is 1. The molecule has 1 saturated carbocycles. The van der Waals surface area contributed by atoms with Gasteiger partial charge in [0.2, 0.25) is 5.91 Å². The summed E-state index contributed by atoms with van der Waals surface area (Å²) < 4.78 is 0. The van der Waals surface area contributed by atoms with Gasteiger partial charge in [-0.05, 0) is 45.7 Å². The lowest BCUT2D eigenvalue weighted by molar-refractivity contribution is -0.141. The van der Waals surface area contributed by atoms with Gasteiger partial charge in [-0.15, -0.1) is 0 Å². The van der Waals surface area contributed by atoms with Crippen LogP contribution in [0.3, 0.4) is 0 Å². The second-order valence-electron chi connectivity index (χ2n) is 5.98. The molecule has 2 aliphatic rings. The highest BCUT2D eigenvalue weighted by atomic mass is 16.2. The standard InChI is InChI=1S/C14H26N2O/c1-10(2)16(13-6-4-5-7-13)14(17)11(3)12-8-15-9-12/h10-13,15H,4-9H2,1-3H3. The highest BCUT2D eigenvalue weighted by Crippen LogP contribution is 2.28. The van der Waals surface area contributed by atoms with Gasteiger partial charge in [-0.3, -0.25) is 4.79 Å². The first-order valence-electron chi connectivity index (χ1n) is 7.14. The molecule has 98 valence electrons. The van der Waals surface area contributed by atoms with Crippen LogP contribution in [0.15, 0.2) is 0 Å². The summed E-state index contributed by atoms with van der Waals surface area (Å²) in [6, 6.07) is 0.860. The van der Waals surface area contributed by atoms with Gasteiger partial charge in [0, 0.05) is 18.0 Å². The summed E-state index contributed by atoms with van der Waals surface area (Å²) in [7, 11) is 0. The van der Waals surface area contributed by atoms with Crippen molar-refractivity contribution in [2.45, 2.75) is 58.5 Å². The molecule has 3 heteroatoms. The summed E-state index contributed by atoms with van der Waals surface area (Å²) in [6.07, 6.45) is 5.00. The van der Waals surface area contributed by atoms with Crippen LogP contribution >= 0.6 is 0 Å². The Morgan fingerprint density at radius 3 is 2.18 bits per heavy atom. The predicted molar refractivity (Wildman–Crippen MR) is 69.8 cm³/mol. The van der Waals surface area contributed by atoms with E-state index >= 15 is 0 Å². The SMILES string of the molecule is CC(C(=O)N(C(C)C)C1CCCC1)C1CNC1. The Kier molecular flexibility index (Phi) is 4.08. The van der Waals surface area contributed by atoms with E-state index in [0.717, 1.165) is 13.1 Å². The Labute approximate surface area is 105 Å². The second-order valence-corrected chi connectivity index (χ2v) is 5.98. The number of rotatable bonds is 4. The van der Waals surface area contributed by atoms with Crippen LogP contribution in [0.4, 0.5) is 0 Å². The first-order valence-corrected chi connectivity index (χ1v) is 7.14. The molecule has 17 heavy (non-hydrogen) atoms. The molecule has 2 fully saturated rings. The quantitative estimate of drug-likeness (QED) is 0.812. The number of amides is 1. The van der Waals surface area contributed by atoms with E-state index in [1.165, 1.54) is 25.7 Å². The average Bonchev–Trinajstić information content (AvgIpc) is 2.67. The molecule has 0 aromatic carbocycles. The van der Waals surface area contributed by atoms with Gasteiger partial charge < -0.3 is 10.2 Å². The highest BCUT2D eigenvalue weighted by molar-refractivity contribution is 5.79. The van der Waals surface area contributed by atoms with E-state index in [9.17, 15) is 4.79 Å². The molecule has 0 spiro atoms. The average molecular weight is 238 g/mol. The lowest BCUT2D eigenvalue weighted by Crippen LogP contribution is -2.53. The second kappa shape index (κ2) is 5.38. The summed E-state index contributed by atoms with van der Waals surface area (Å²) >= 11 is 0. The summed E-state index contributed by atoms with van der Waals surface area (Å²) in [6.45, 7) is 8.45. The highest BCUT2D eigenvalue weighted by Gasteiger charge is 2.36. The van der Waals surface area contributed by atoms with Crippen LogP contribution in [-0.2, 0) is 4.79 Å². The zero-order valence-corrected chi connectivity index (χ0v) is 11.4. The zero-order chi connectivity index (χ0) is 12.4. The van der Waals surface area contributed by atoms with E-state index < -0.39 is 0 Å². The maximum atomic E-state index is 12.6. The summed E-state index contributed by atoms with van der Waals surface area (Å²) in [4.78, 5) is 14.8. The fourth-order valence-electron chi connectivity index (χ4n) is 3.14. The Morgan fingerprint density at radius 2 is 1.76 bits per heavy atom. The lowest BCUT2D eigenvalue weighted by atomic mass is 9.87.